The molecule has 9 heteroatoms. The third-order valence-corrected chi connectivity index (χ3v) is 8.06. The van der Waals surface area contributed by atoms with Crippen LogP contribution in [0.2, 0.25) is 0 Å². The Morgan fingerprint density at radius 1 is 0.612 bits per heavy atom. The SMILES string of the molecule is CC(=O)Oc1ccc(C(CC(C)C)NC(=O)CCc2ccc(C[C@H](NC(=O)C(CC(C)C)c3ccc(OC(C)=O)cc3)C(C)=O)cc2)cc1. The number of rotatable bonds is 17. The van der Waals surface area contributed by atoms with Crippen molar-refractivity contribution in [2.75, 3.05) is 0 Å². The largest absolute Gasteiger partial charge is 0.427 e. The lowest BCUT2D eigenvalue weighted by Crippen LogP contribution is -2.43. The van der Waals surface area contributed by atoms with Crippen LogP contribution >= 0.6 is 0 Å². The van der Waals surface area contributed by atoms with Crippen LogP contribution in [-0.2, 0) is 36.8 Å². The highest BCUT2D eigenvalue weighted by molar-refractivity contribution is 5.90. The summed E-state index contributed by atoms with van der Waals surface area (Å²) < 4.78 is 10.3. The molecule has 0 bridgehead atoms. The Hall–Kier alpha value is -4.79. The van der Waals surface area contributed by atoms with E-state index in [-0.39, 0.29) is 35.5 Å². The first-order chi connectivity index (χ1) is 23.2. The number of aryl methyl sites for hydroxylation is 1. The van der Waals surface area contributed by atoms with Crippen LogP contribution in [-0.4, -0.2) is 35.6 Å². The van der Waals surface area contributed by atoms with E-state index in [2.05, 4.69) is 24.5 Å². The van der Waals surface area contributed by atoms with E-state index in [1.165, 1.54) is 20.8 Å². The zero-order valence-electron chi connectivity index (χ0n) is 29.7. The fourth-order valence-electron chi connectivity index (χ4n) is 5.65. The Labute approximate surface area is 290 Å². The number of hydrogen-bond acceptors (Lipinski definition) is 7. The molecule has 2 unspecified atom stereocenters. The molecule has 3 rings (SSSR count). The number of amides is 2. The number of carbonyl (C=O) groups is 5. The van der Waals surface area contributed by atoms with E-state index in [4.69, 9.17) is 9.47 Å². The van der Waals surface area contributed by atoms with Crippen molar-refractivity contribution in [1.82, 2.24) is 10.6 Å². The molecule has 0 aromatic heterocycles. The minimum absolute atomic E-state index is 0.0601. The highest BCUT2D eigenvalue weighted by Gasteiger charge is 2.26. The first kappa shape index (κ1) is 38.7. The summed E-state index contributed by atoms with van der Waals surface area (Å²) in [5, 5.41) is 6.14. The summed E-state index contributed by atoms with van der Waals surface area (Å²) in [6.45, 7) is 12.5. The molecule has 0 aliphatic heterocycles. The molecule has 0 aliphatic rings. The Balaban J connectivity index is 1.60. The fraction of sp³-hybridized carbons (Fsp3) is 0.425. The number of ether oxygens (including phenoxy) is 2. The van der Waals surface area contributed by atoms with Crippen LogP contribution in [0.3, 0.4) is 0 Å². The number of ketones is 1. The van der Waals surface area contributed by atoms with Crippen molar-refractivity contribution >= 4 is 29.5 Å². The average molecular weight is 671 g/mol. The van der Waals surface area contributed by atoms with Gasteiger partial charge >= 0.3 is 11.9 Å². The number of carbonyl (C=O) groups excluding carboxylic acids is 5. The summed E-state index contributed by atoms with van der Waals surface area (Å²) in [6.07, 6.45) is 2.55. The van der Waals surface area contributed by atoms with Crippen LogP contribution in [0.1, 0.15) is 102 Å². The predicted octanol–water partition coefficient (Wildman–Crippen LogP) is 6.82. The molecule has 262 valence electrons. The Kier molecular flexibility index (Phi) is 14.7. The van der Waals surface area contributed by atoms with Crippen molar-refractivity contribution in [2.45, 2.75) is 98.6 Å². The minimum Gasteiger partial charge on any atom is -0.427 e. The van der Waals surface area contributed by atoms with Gasteiger partial charge in [0, 0.05) is 20.3 Å². The number of benzene rings is 3. The molecule has 0 saturated carbocycles. The minimum atomic E-state index is -0.694. The lowest BCUT2D eigenvalue weighted by atomic mass is 9.89. The molecule has 2 amide bonds. The van der Waals surface area contributed by atoms with Crippen LogP contribution < -0.4 is 20.1 Å². The number of nitrogens with one attached hydrogen (secondary N) is 2. The van der Waals surface area contributed by atoms with Crippen LogP contribution in [0.15, 0.2) is 72.8 Å². The first-order valence-electron chi connectivity index (χ1n) is 16.9. The second kappa shape index (κ2) is 18.7. The maximum absolute atomic E-state index is 13.5. The second-order valence-corrected chi connectivity index (χ2v) is 13.4. The van der Waals surface area contributed by atoms with Gasteiger partial charge in [-0.2, -0.15) is 0 Å². The average Bonchev–Trinajstić information content (AvgIpc) is 3.02. The highest BCUT2D eigenvalue weighted by Crippen LogP contribution is 2.27. The van der Waals surface area contributed by atoms with E-state index in [1.54, 1.807) is 36.4 Å². The Morgan fingerprint density at radius 3 is 1.57 bits per heavy atom. The van der Waals surface area contributed by atoms with Crippen molar-refractivity contribution in [3.8, 4) is 11.5 Å². The molecule has 0 spiro atoms. The third kappa shape index (κ3) is 13.3. The van der Waals surface area contributed by atoms with Crippen molar-refractivity contribution in [3.63, 3.8) is 0 Å². The van der Waals surface area contributed by atoms with E-state index >= 15 is 0 Å². The summed E-state index contributed by atoms with van der Waals surface area (Å²) in [4.78, 5) is 61.7. The number of esters is 2. The third-order valence-electron chi connectivity index (χ3n) is 8.06. The molecule has 2 N–H and O–H groups in total. The summed E-state index contributed by atoms with van der Waals surface area (Å²) in [5.41, 5.74) is 3.62. The molecule has 0 heterocycles. The molecular formula is C40H50N2O7. The van der Waals surface area contributed by atoms with Gasteiger partial charge in [-0.05, 0) is 91.0 Å². The Bertz CT molecular complexity index is 1560. The molecule has 3 atom stereocenters. The fourth-order valence-corrected chi connectivity index (χ4v) is 5.65. The lowest BCUT2D eigenvalue weighted by molar-refractivity contribution is -0.132. The molecule has 49 heavy (non-hydrogen) atoms. The van der Waals surface area contributed by atoms with Crippen LogP contribution in [0.25, 0.3) is 0 Å². The van der Waals surface area contributed by atoms with E-state index < -0.39 is 17.9 Å². The zero-order valence-corrected chi connectivity index (χ0v) is 29.7. The standard InChI is InChI=1S/C40H50N2O7/c1-25(2)22-36(32-13-17-34(18-14-32)48-28(6)44)40(47)42-37(27(5)43)24-31-10-8-30(9-11-31)12-21-39(46)41-38(23-26(3)4)33-15-19-35(20-16-33)49-29(7)45/h8-11,13-20,25-26,36-38H,12,21-24H2,1-7H3,(H,41,46)(H,42,47)/t36?,37-,38?/m0/s1. The highest BCUT2D eigenvalue weighted by atomic mass is 16.5. The molecule has 0 aliphatic carbocycles. The maximum atomic E-state index is 13.5. The monoisotopic (exact) mass is 670 g/mol. The molecule has 3 aromatic rings. The molecular weight excluding hydrogens is 620 g/mol. The molecule has 0 saturated heterocycles. The van der Waals surface area contributed by atoms with Gasteiger partial charge in [-0.25, -0.2) is 0 Å². The Morgan fingerprint density at radius 2 is 1.10 bits per heavy atom. The van der Waals surface area contributed by atoms with Gasteiger partial charge in [-0.1, -0.05) is 76.2 Å². The summed E-state index contributed by atoms with van der Waals surface area (Å²) in [5.74, 6) is -0.237. The van der Waals surface area contributed by atoms with Gasteiger partial charge in [-0.3, -0.25) is 24.0 Å². The van der Waals surface area contributed by atoms with Gasteiger partial charge < -0.3 is 20.1 Å². The lowest BCUT2D eigenvalue weighted by Gasteiger charge is -2.23. The normalized spacial score (nSPS) is 12.9. The topological polar surface area (TPSA) is 128 Å². The van der Waals surface area contributed by atoms with E-state index in [0.717, 1.165) is 28.7 Å². The van der Waals surface area contributed by atoms with E-state index in [9.17, 15) is 24.0 Å². The van der Waals surface area contributed by atoms with Crippen molar-refractivity contribution < 1.29 is 33.4 Å². The maximum Gasteiger partial charge on any atom is 0.308 e. The van der Waals surface area contributed by atoms with Crippen molar-refractivity contribution in [3.05, 3.63) is 95.1 Å². The molecule has 0 fully saturated rings. The van der Waals surface area contributed by atoms with Gasteiger partial charge in [0.1, 0.15) is 11.5 Å². The van der Waals surface area contributed by atoms with Gasteiger partial charge in [0.05, 0.1) is 18.0 Å². The van der Waals surface area contributed by atoms with Gasteiger partial charge in [-0.15, -0.1) is 0 Å². The van der Waals surface area contributed by atoms with E-state index in [0.29, 0.717) is 43.1 Å². The smallest absolute Gasteiger partial charge is 0.308 e. The summed E-state index contributed by atoms with van der Waals surface area (Å²) in [7, 11) is 0. The van der Waals surface area contributed by atoms with Gasteiger partial charge in [0.15, 0.2) is 5.78 Å². The number of hydrogen-bond donors (Lipinski definition) is 2. The molecule has 3 aromatic carbocycles. The van der Waals surface area contributed by atoms with Gasteiger partial charge in [0.25, 0.3) is 0 Å². The molecule has 9 nitrogen and oxygen atoms in total. The zero-order chi connectivity index (χ0) is 36.1. The predicted molar refractivity (Wildman–Crippen MR) is 189 cm³/mol. The van der Waals surface area contributed by atoms with Crippen molar-refractivity contribution in [2.24, 2.45) is 11.8 Å². The van der Waals surface area contributed by atoms with Crippen LogP contribution in [0.5, 0.6) is 11.5 Å². The molecule has 0 radical (unpaired) electrons. The first-order valence-corrected chi connectivity index (χ1v) is 16.9. The summed E-state index contributed by atoms with van der Waals surface area (Å²) >= 11 is 0. The van der Waals surface area contributed by atoms with Crippen LogP contribution in [0, 0.1) is 11.8 Å². The second-order valence-electron chi connectivity index (χ2n) is 13.4. The summed E-state index contributed by atoms with van der Waals surface area (Å²) in [6, 6.07) is 21.0. The van der Waals surface area contributed by atoms with Gasteiger partial charge in [0.2, 0.25) is 11.8 Å². The van der Waals surface area contributed by atoms with Crippen LogP contribution in [0.4, 0.5) is 0 Å². The van der Waals surface area contributed by atoms with E-state index in [1.807, 2.05) is 50.2 Å². The number of Topliss-reactive ketones (excluding diaryl/α,β-unsaturated/α-hetero) is 1. The van der Waals surface area contributed by atoms with Crippen molar-refractivity contribution in [1.29, 1.82) is 0 Å². The quantitative estimate of drug-likeness (QED) is 0.119.